The van der Waals surface area contributed by atoms with E-state index in [1.807, 2.05) is 13.0 Å². The molecule has 8 amide bonds. The van der Waals surface area contributed by atoms with E-state index in [-0.39, 0.29) is 193 Å². The fraction of sp³-hybridized carbons (Fsp3) is 0.596. The molecule has 8 fully saturated rings. The van der Waals surface area contributed by atoms with E-state index in [0.717, 1.165) is 159 Å². The Morgan fingerprint density at radius 2 is 0.698 bits per heavy atom. The Bertz CT molecular complexity index is 6030. The van der Waals surface area contributed by atoms with E-state index in [2.05, 4.69) is 93.3 Å². The number of rotatable bonds is 30. The first kappa shape index (κ1) is 114. The average Bonchev–Trinajstić information content (AvgIpc) is 1.65. The number of ether oxygens (including phenoxy) is 1. The molecule has 12 N–H and O–H groups in total. The Balaban J connectivity index is 0.000000166. The number of carbonyl (C=O) groups excluding carboxylic acids is 8. The smallest absolute Gasteiger partial charge is 0.387 e. The lowest BCUT2D eigenvalue weighted by molar-refractivity contribution is -0.0496. The summed E-state index contributed by atoms with van der Waals surface area (Å²) in [5, 5.41) is 74.0. The number of hydrogen-bond acceptors (Lipinski definition) is 30. The van der Waals surface area contributed by atoms with Gasteiger partial charge in [0.25, 0.3) is 47.3 Å². The molecule has 35 nitrogen and oxygen atoms in total. The van der Waals surface area contributed by atoms with Crippen LogP contribution in [-0.2, 0) is 0 Å². The molecular weight excluding hydrogens is 2010 g/mol. The highest BCUT2D eigenvalue weighted by Gasteiger charge is 2.39. The van der Waals surface area contributed by atoms with Crippen LogP contribution in [0.4, 0.5) is 55.3 Å². The number of carbonyl (C=O) groups is 8. The molecule has 12 heterocycles. The summed E-state index contributed by atoms with van der Waals surface area (Å²) in [5.74, 6) is -1.77. The quantitative estimate of drug-likeness (QED) is 0.0147. The van der Waals surface area contributed by atoms with Gasteiger partial charge in [0.1, 0.15) is 71.0 Å². The van der Waals surface area contributed by atoms with Crippen molar-refractivity contribution in [1.82, 2.24) is 80.7 Å². The molecule has 806 valence electrons. The predicted molar refractivity (Wildman–Crippen MR) is 560 cm³/mol. The molecule has 4 saturated carbocycles. The summed E-state index contributed by atoms with van der Waals surface area (Å²) in [6, 6.07) is 9.95. The van der Waals surface area contributed by atoms with Gasteiger partial charge in [-0.2, -0.15) is 14.0 Å². The van der Waals surface area contributed by atoms with Gasteiger partial charge in [-0.15, -0.1) is 45.3 Å². The number of hydrogen-bond donors (Lipinski definition) is 12. The highest BCUT2D eigenvalue weighted by molar-refractivity contribution is 7.18. The molecule has 4 aliphatic heterocycles. The molecule has 0 unspecified atom stereocenters. The van der Waals surface area contributed by atoms with Gasteiger partial charge in [-0.05, 0) is 195 Å². The third kappa shape index (κ3) is 33.1. The standard InChI is InChI=1S/C26H34F3N5O4S.2C26H33FN6O3S.C26H36FN5O3S/c1-26(2,37)14-31-22(35)23-33-19(24(36)34-10-8-16(27)9-11-34)20(39-23)15-12-18(38-25(28)29)21(30-13-15)32-17-6-4-3-5-7-17;1-26(2,36)15-30-23(34)24-32-21(25(35)33-11-9-16(27)10-12-33)22(37-24)18-14-29-20(13-19(18)28-3)31-17-7-5-4-6-8-17;1-26(2,36)15-30-23(34)24-32-20(25(35)33-10-8-18(27)9-11-33)21(37-24)17-12-16(13-28)22(29-14-17)31-19-6-4-3-5-7-19;1-16-13-20(30-18-7-5-4-6-8-18)28-14-19(16)22-21(25(34)32-11-9-17(27)10-12-32)31-24(36-22)23(33)29-15-26(2,3)35/h12-13,16-17,25,37H,3-11,14H2,1-2H3,(H,30,32)(H,31,35);13-14,16-17,36H,4-12,15H2,1-2H3,(H,29,31)(H,30,34);12,14,18-19,36H,3-11,15H2,1-2H3,(H,29,31)(H,30,34);13-14,17-18,35H,4-12,15H2,1-3H3,(H,28,30)(H,29,33). The number of nitriles is 1. The monoisotopic (exact) mass is 2140 g/mol. The van der Waals surface area contributed by atoms with Gasteiger partial charge in [0.15, 0.2) is 31.6 Å². The molecule has 4 aliphatic carbocycles. The molecule has 8 aliphatic rings. The number of anilines is 4. The Morgan fingerprint density at radius 1 is 0.409 bits per heavy atom. The molecule has 16 rings (SSSR count). The van der Waals surface area contributed by atoms with Gasteiger partial charge in [-0.25, -0.2) is 62.3 Å². The summed E-state index contributed by atoms with van der Waals surface area (Å²) in [6.45, 7) is 21.3. The largest absolute Gasteiger partial charge is 0.431 e. The van der Waals surface area contributed by atoms with Gasteiger partial charge >= 0.3 is 6.61 Å². The molecule has 4 saturated heterocycles. The van der Waals surface area contributed by atoms with Crippen molar-refractivity contribution in [2.45, 2.75) is 320 Å². The van der Waals surface area contributed by atoms with Crippen LogP contribution >= 0.6 is 45.3 Å². The number of nitrogens with zero attached hydrogens (tertiary/aromatic N) is 14. The normalized spacial score (nSPS) is 17.4. The number of piperidine rings is 4. The number of aryl methyl sites for hydroxylation is 1. The minimum atomic E-state index is -3.10. The Labute approximate surface area is 879 Å². The third-order valence-electron chi connectivity index (χ3n) is 26.7. The van der Waals surface area contributed by atoms with Crippen molar-refractivity contribution < 1.29 is 89.9 Å². The minimum Gasteiger partial charge on any atom is -0.431 e. The van der Waals surface area contributed by atoms with Crippen molar-refractivity contribution in [3.05, 3.63) is 114 Å². The number of nitrogens with one attached hydrogen (secondary N) is 8. The van der Waals surface area contributed by atoms with Crippen LogP contribution in [0.1, 0.15) is 327 Å². The predicted octanol–water partition coefficient (Wildman–Crippen LogP) is 17.4. The Kier molecular flexibility index (Phi) is 40.2. The van der Waals surface area contributed by atoms with Crippen molar-refractivity contribution in [2.75, 3.05) is 99.8 Å². The zero-order valence-corrected chi connectivity index (χ0v) is 89.0. The van der Waals surface area contributed by atoms with Gasteiger partial charge in [0.2, 0.25) is 5.69 Å². The van der Waals surface area contributed by atoms with Crippen LogP contribution in [0.15, 0.2) is 49.1 Å². The fourth-order valence-corrected chi connectivity index (χ4v) is 22.4. The van der Waals surface area contributed by atoms with Crippen LogP contribution in [0.5, 0.6) is 5.75 Å². The van der Waals surface area contributed by atoms with Crippen molar-refractivity contribution in [3.8, 4) is 53.6 Å². The average molecular weight is 2140 g/mol. The zero-order valence-electron chi connectivity index (χ0n) is 85.7. The number of aromatic nitrogens is 8. The minimum absolute atomic E-state index is 0.00440. The first-order valence-corrected chi connectivity index (χ1v) is 54.7. The van der Waals surface area contributed by atoms with Crippen molar-refractivity contribution in [1.29, 1.82) is 5.26 Å². The topological polar surface area (TPSA) is 467 Å². The molecule has 0 bridgehead atoms. The Hall–Kier alpha value is -11.7. The van der Waals surface area contributed by atoms with E-state index >= 15 is 0 Å². The molecule has 0 radical (unpaired) electrons. The summed E-state index contributed by atoms with van der Waals surface area (Å²) in [7, 11) is 0. The molecule has 8 aromatic rings. The van der Waals surface area contributed by atoms with Gasteiger partial charge in [0.05, 0.1) is 54.0 Å². The fourth-order valence-electron chi connectivity index (χ4n) is 18.4. The first-order chi connectivity index (χ1) is 70.9. The SMILES string of the molecule is CC(C)(O)CNC(=O)c1nc(C(=O)N2CCC(F)CC2)c(-c2cnc(NC3CCCCC3)c(C#N)c2)s1.CC(C)(O)CNC(=O)c1nc(C(=O)N2CCC(F)CC2)c(-c2cnc(NC3CCCCC3)c(OC(F)F)c2)s1.Cc1cc(NC2CCCCC2)ncc1-c1sc(C(=O)NCC(C)(C)O)nc1C(=O)N1CCC(F)CC1.[C-]#[N+]c1cc(NC2CCCCC2)ncc1-c1sc(C(=O)NCC(C)(C)O)nc1C(=O)N1CCC(F)CC1. The summed E-state index contributed by atoms with van der Waals surface area (Å²) in [6.07, 6.45) is 26.7. The highest BCUT2D eigenvalue weighted by atomic mass is 32.1. The molecular formula is C104H136F6N22O13S4. The number of pyridine rings is 4. The second-order valence-electron chi connectivity index (χ2n) is 41.8. The highest BCUT2D eigenvalue weighted by Crippen LogP contribution is 2.44. The third-order valence-corrected chi connectivity index (χ3v) is 31.1. The van der Waals surface area contributed by atoms with Crippen LogP contribution < -0.4 is 47.3 Å². The van der Waals surface area contributed by atoms with E-state index < -0.39 is 89.1 Å². The lowest BCUT2D eigenvalue weighted by atomic mass is 9.95. The second kappa shape index (κ2) is 52.3. The maximum Gasteiger partial charge on any atom is 0.387 e. The zero-order chi connectivity index (χ0) is 107. The maximum atomic E-state index is 13.7. The van der Waals surface area contributed by atoms with Crippen molar-refractivity contribution in [3.63, 3.8) is 0 Å². The lowest BCUT2D eigenvalue weighted by Crippen LogP contribution is -2.39. The summed E-state index contributed by atoms with van der Waals surface area (Å²) in [5.41, 5.74) is -0.688. The van der Waals surface area contributed by atoms with Crippen LogP contribution in [0, 0.1) is 24.8 Å². The van der Waals surface area contributed by atoms with Gasteiger partial charge < -0.3 is 87.3 Å². The number of likely N-dealkylation sites (tertiary alicyclic amines) is 4. The second-order valence-corrected chi connectivity index (χ2v) is 45.8. The first-order valence-electron chi connectivity index (χ1n) is 51.4. The molecule has 0 atom stereocenters. The number of thiazole rings is 4. The lowest BCUT2D eigenvalue weighted by Gasteiger charge is -2.28. The number of amides is 8. The summed E-state index contributed by atoms with van der Waals surface area (Å²) in [4.78, 5) is 152. The van der Waals surface area contributed by atoms with Gasteiger partial charge in [0, 0.05) is 150 Å². The Morgan fingerprint density at radius 3 is 1.01 bits per heavy atom. The van der Waals surface area contributed by atoms with Crippen LogP contribution in [0.2, 0.25) is 0 Å². The molecule has 0 aromatic carbocycles. The van der Waals surface area contributed by atoms with Gasteiger partial charge in [-0.3, -0.25) is 38.4 Å². The van der Waals surface area contributed by atoms with Crippen molar-refractivity contribution >= 4 is 122 Å². The molecule has 149 heavy (non-hydrogen) atoms. The number of alkyl halides is 6. The van der Waals surface area contributed by atoms with Crippen molar-refractivity contribution in [2.24, 2.45) is 0 Å². The van der Waals surface area contributed by atoms with Crippen LogP contribution in [0.25, 0.3) is 46.6 Å². The molecule has 45 heteroatoms. The van der Waals surface area contributed by atoms with Crippen LogP contribution in [-0.4, -0.2) is 284 Å². The maximum absolute atomic E-state index is 13.7. The number of aliphatic hydroxyl groups is 4. The van der Waals surface area contributed by atoms with E-state index in [9.17, 15) is 90.4 Å². The van der Waals surface area contributed by atoms with E-state index in [4.69, 9.17) is 11.3 Å². The van der Waals surface area contributed by atoms with E-state index in [1.165, 1.54) is 68.0 Å². The van der Waals surface area contributed by atoms with Gasteiger partial charge in [-0.1, -0.05) is 77.0 Å². The van der Waals surface area contributed by atoms with Crippen LogP contribution in [0.3, 0.4) is 0 Å². The van der Waals surface area contributed by atoms with E-state index in [1.54, 1.807) is 82.1 Å². The summed E-state index contributed by atoms with van der Waals surface area (Å²) < 4.78 is 86.2. The molecule has 8 aromatic heterocycles. The number of halogens is 6. The molecule has 0 spiro atoms. The summed E-state index contributed by atoms with van der Waals surface area (Å²) >= 11 is 4.07. The van der Waals surface area contributed by atoms with E-state index in [0.29, 0.717) is 86.7 Å².